The first-order valence-corrected chi connectivity index (χ1v) is 8.52. The Morgan fingerprint density at radius 3 is 2.92 bits per heavy atom. The van der Waals surface area contributed by atoms with Gasteiger partial charge in [0.15, 0.2) is 0 Å². The third kappa shape index (κ3) is 3.99. The van der Waals surface area contributed by atoms with Crippen molar-refractivity contribution in [3.8, 4) is 0 Å². The molecule has 3 aromatic rings. The predicted octanol–water partition coefficient (Wildman–Crippen LogP) is 0.622. The minimum atomic E-state index is -1.61. The van der Waals surface area contributed by atoms with Crippen molar-refractivity contribution in [3.63, 3.8) is 0 Å². The highest BCUT2D eigenvalue weighted by Gasteiger charge is 2.25. The molecule has 0 unspecified atom stereocenters. The van der Waals surface area contributed by atoms with Crippen LogP contribution in [-0.4, -0.2) is 44.0 Å². The zero-order chi connectivity index (χ0) is 16.9. The fourth-order valence-electron chi connectivity index (χ4n) is 2.46. The van der Waals surface area contributed by atoms with Crippen LogP contribution < -0.4 is 5.32 Å². The number of nitrogens with one attached hydrogen (secondary N) is 1. The van der Waals surface area contributed by atoms with E-state index in [2.05, 4.69) is 15.6 Å². The fraction of sp³-hybridized carbons (Fsp3) is 0.267. The van der Waals surface area contributed by atoms with Gasteiger partial charge >= 0.3 is 7.12 Å². The number of thiophene rings is 1. The van der Waals surface area contributed by atoms with Crippen LogP contribution in [-0.2, 0) is 17.8 Å². The van der Waals surface area contributed by atoms with Gasteiger partial charge in [0.2, 0.25) is 5.91 Å². The Kier molecular flexibility index (Phi) is 5.24. The summed E-state index contributed by atoms with van der Waals surface area (Å²) in [4.78, 5) is 12.1. The summed E-state index contributed by atoms with van der Waals surface area (Å²) in [7, 11) is -1.61. The van der Waals surface area contributed by atoms with Gasteiger partial charge in [0.25, 0.3) is 0 Å². The third-order valence-electron chi connectivity index (χ3n) is 3.71. The fourth-order valence-corrected chi connectivity index (χ4v) is 3.14. The van der Waals surface area contributed by atoms with Crippen molar-refractivity contribution in [1.82, 2.24) is 20.3 Å². The molecule has 2 aromatic heterocycles. The topological polar surface area (TPSA) is 100 Å². The highest BCUT2D eigenvalue weighted by molar-refractivity contribution is 7.07. The Morgan fingerprint density at radius 2 is 2.17 bits per heavy atom. The lowest BCUT2D eigenvalue weighted by Gasteiger charge is -2.17. The van der Waals surface area contributed by atoms with E-state index in [0.29, 0.717) is 13.0 Å². The normalized spacial score (nSPS) is 12.2. The van der Waals surface area contributed by atoms with Crippen LogP contribution in [0.2, 0.25) is 0 Å². The number of carbonyl (C=O) groups is 1. The number of rotatable bonds is 7. The van der Waals surface area contributed by atoms with Gasteiger partial charge in [-0.25, -0.2) is 4.68 Å². The van der Waals surface area contributed by atoms with Crippen molar-refractivity contribution in [3.05, 3.63) is 46.7 Å². The molecule has 1 aromatic carbocycles. The van der Waals surface area contributed by atoms with Crippen molar-refractivity contribution in [1.29, 1.82) is 0 Å². The summed E-state index contributed by atoms with van der Waals surface area (Å²) in [5.74, 6) is -0.998. The van der Waals surface area contributed by atoms with Gasteiger partial charge in [-0.05, 0) is 40.9 Å². The summed E-state index contributed by atoms with van der Waals surface area (Å²) in [6.07, 6.45) is 0.555. The molecule has 0 spiro atoms. The molecule has 9 heteroatoms. The minimum absolute atomic E-state index is 0.181. The molecule has 7 nitrogen and oxygen atoms in total. The van der Waals surface area contributed by atoms with E-state index in [1.54, 1.807) is 4.68 Å². The zero-order valence-electron chi connectivity index (χ0n) is 12.9. The Bertz CT molecular complexity index is 806. The standard InChI is InChI=1S/C15H17BN4O3S/c21-15(17-14(16(22)23)9-11-6-8-24-10-11)5-7-20-13-4-2-1-3-12(13)18-19-20/h1-4,6,8,10,14,22-23H,5,7,9H2,(H,17,21)/t14-/m0/s1. The van der Waals surface area contributed by atoms with Crippen LogP contribution in [0.3, 0.4) is 0 Å². The number of benzene rings is 1. The van der Waals surface area contributed by atoms with Gasteiger partial charge in [-0.2, -0.15) is 11.3 Å². The van der Waals surface area contributed by atoms with E-state index in [-0.39, 0.29) is 12.3 Å². The van der Waals surface area contributed by atoms with Gasteiger partial charge in [0.05, 0.1) is 18.0 Å². The second-order valence-electron chi connectivity index (χ2n) is 5.47. The third-order valence-corrected chi connectivity index (χ3v) is 4.44. The summed E-state index contributed by atoms with van der Waals surface area (Å²) in [5.41, 5.74) is 2.60. The van der Waals surface area contributed by atoms with Gasteiger partial charge in [0.1, 0.15) is 5.52 Å². The van der Waals surface area contributed by atoms with Crippen LogP contribution in [0.5, 0.6) is 0 Å². The van der Waals surface area contributed by atoms with Crippen molar-refractivity contribution in [2.75, 3.05) is 0 Å². The maximum absolute atomic E-state index is 12.1. The van der Waals surface area contributed by atoms with E-state index in [1.807, 2.05) is 41.1 Å². The molecule has 0 bridgehead atoms. The average Bonchev–Trinajstić information content (AvgIpc) is 3.21. The van der Waals surface area contributed by atoms with Crippen molar-refractivity contribution >= 4 is 35.4 Å². The number of carbonyl (C=O) groups excluding carboxylic acids is 1. The molecular weight excluding hydrogens is 327 g/mol. The Morgan fingerprint density at radius 1 is 1.33 bits per heavy atom. The van der Waals surface area contributed by atoms with E-state index < -0.39 is 13.1 Å². The second-order valence-corrected chi connectivity index (χ2v) is 6.25. The van der Waals surface area contributed by atoms with Crippen LogP contribution >= 0.6 is 11.3 Å². The first kappa shape index (κ1) is 16.6. The molecule has 0 fully saturated rings. The molecular formula is C15H17BN4O3S. The molecule has 124 valence electrons. The number of aromatic nitrogens is 3. The SMILES string of the molecule is O=C(CCn1nnc2ccccc21)N[C@@H](Cc1ccsc1)B(O)O. The maximum atomic E-state index is 12.1. The molecule has 0 saturated carbocycles. The van der Waals surface area contributed by atoms with Crippen LogP contribution in [0.25, 0.3) is 11.0 Å². The summed E-state index contributed by atoms with van der Waals surface area (Å²) in [6, 6.07) is 9.42. The van der Waals surface area contributed by atoms with Gasteiger partial charge in [-0.15, -0.1) is 5.10 Å². The van der Waals surface area contributed by atoms with Gasteiger partial charge in [0, 0.05) is 6.42 Å². The largest absolute Gasteiger partial charge is 0.475 e. The molecule has 3 rings (SSSR count). The number of hydrogen-bond donors (Lipinski definition) is 3. The van der Waals surface area contributed by atoms with Crippen molar-refractivity contribution in [2.24, 2.45) is 0 Å². The average molecular weight is 344 g/mol. The molecule has 0 aliphatic carbocycles. The quantitative estimate of drug-likeness (QED) is 0.546. The number of fused-ring (bicyclic) bond motifs is 1. The summed E-state index contributed by atoms with van der Waals surface area (Å²) < 4.78 is 1.66. The summed E-state index contributed by atoms with van der Waals surface area (Å²) >= 11 is 1.53. The maximum Gasteiger partial charge on any atom is 0.475 e. The number of para-hydroxylation sites is 1. The highest BCUT2D eigenvalue weighted by Crippen LogP contribution is 2.11. The van der Waals surface area contributed by atoms with Gasteiger partial charge < -0.3 is 15.4 Å². The number of aryl methyl sites for hydroxylation is 1. The molecule has 24 heavy (non-hydrogen) atoms. The van der Waals surface area contributed by atoms with Crippen LogP contribution in [0.1, 0.15) is 12.0 Å². The molecule has 1 atom stereocenters. The summed E-state index contributed by atoms with van der Waals surface area (Å²) in [6.45, 7) is 0.374. The van der Waals surface area contributed by atoms with E-state index in [1.165, 1.54) is 11.3 Å². The van der Waals surface area contributed by atoms with Crippen LogP contribution in [0.15, 0.2) is 41.1 Å². The monoisotopic (exact) mass is 344 g/mol. The first-order valence-electron chi connectivity index (χ1n) is 7.58. The number of nitrogens with zero attached hydrogens (tertiary/aromatic N) is 3. The van der Waals surface area contributed by atoms with Crippen LogP contribution in [0, 0.1) is 0 Å². The molecule has 0 aliphatic heterocycles. The van der Waals surface area contributed by atoms with Crippen molar-refractivity contribution in [2.45, 2.75) is 25.3 Å². The molecule has 2 heterocycles. The second kappa shape index (κ2) is 7.56. The Labute approximate surface area is 143 Å². The molecule has 0 radical (unpaired) electrons. The van der Waals surface area contributed by atoms with Gasteiger partial charge in [-0.3, -0.25) is 4.79 Å². The number of amides is 1. The lowest BCUT2D eigenvalue weighted by atomic mass is 9.76. The van der Waals surface area contributed by atoms with Gasteiger partial charge in [-0.1, -0.05) is 17.3 Å². The van der Waals surface area contributed by atoms with E-state index in [9.17, 15) is 14.8 Å². The molecule has 3 N–H and O–H groups in total. The zero-order valence-corrected chi connectivity index (χ0v) is 13.7. The lowest BCUT2D eigenvalue weighted by molar-refractivity contribution is -0.121. The molecule has 0 aliphatic rings. The molecule has 0 saturated heterocycles. The Balaban J connectivity index is 1.57. The van der Waals surface area contributed by atoms with Crippen LogP contribution in [0.4, 0.5) is 0 Å². The first-order chi connectivity index (χ1) is 11.6. The van der Waals surface area contributed by atoms with E-state index in [0.717, 1.165) is 16.6 Å². The van der Waals surface area contributed by atoms with E-state index >= 15 is 0 Å². The lowest BCUT2D eigenvalue weighted by Crippen LogP contribution is -2.48. The molecule has 1 amide bonds. The highest BCUT2D eigenvalue weighted by atomic mass is 32.1. The number of hydrogen-bond acceptors (Lipinski definition) is 6. The minimum Gasteiger partial charge on any atom is -0.426 e. The Hall–Kier alpha value is -2.23. The van der Waals surface area contributed by atoms with Crippen molar-refractivity contribution < 1.29 is 14.8 Å². The predicted molar refractivity (Wildman–Crippen MR) is 92.3 cm³/mol. The summed E-state index contributed by atoms with van der Waals surface area (Å²) in [5, 5.41) is 33.5. The van der Waals surface area contributed by atoms with E-state index in [4.69, 9.17) is 0 Å². The smallest absolute Gasteiger partial charge is 0.426 e.